The molecule has 0 saturated carbocycles. The van der Waals surface area contributed by atoms with Crippen LogP contribution in [0.15, 0.2) is 0 Å². The predicted octanol–water partition coefficient (Wildman–Crippen LogP) is 2.19. The maximum atomic E-state index is 11.2. The van der Waals surface area contributed by atoms with E-state index >= 15 is 0 Å². The van der Waals surface area contributed by atoms with E-state index in [2.05, 4.69) is 0 Å². The Morgan fingerprint density at radius 3 is 1.91 bits per heavy atom. The Kier molecular flexibility index (Phi) is 6.73. The highest BCUT2D eigenvalue weighted by molar-refractivity contribution is 7.45. The Morgan fingerprint density at radius 2 is 1.64 bits per heavy atom. The first-order valence-corrected chi connectivity index (χ1v) is 5.44. The largest absolute Gasteiger partial charge is 0.401 e. The van der Waals surface area contributed by atoms with E-state index in [0.29, 0.717) is 19.4 Å². The summed E-state index contributed by atoms with van der Waals surface area (Å²) in [5.74, 6) is 0. The smallest absolute Gasteiger partial charge is 0.313 e. The Morgan fingerprint density at radius 1 is 1.18 bits per heavy atom. The lowest BCUT2D eigenvalue weighted by molar-refractivity contribution is -0.0796. The minimum Gasteiger partial charge on any atom is -0.313 e. The molecule has 0 heterocycles. The van der Waals surface area contributed by atoms with Crippen molar-refractivity contribution in [3.05, 3.63) is 0 Å². The molecule has 0 aromatic rings. The molecule has 0 aromatic carbocycles. The quantitative estimate of drug-likeness (QED) is 0.463. The van der Waals surface area contributed by atoms with Crippen molar-refractivity contribution in [1.29, 1.82) is 0 Å². The van der Waals surface area contributed by atoms with E-state index < -0.39 is 13.8 Å². The van der Waals surface area contributed by atoms with Gasteiger partial charge in [-0.25, -0.2) is 0 Å². The molecule has 1 unspecified atom stereocenters. The van der Waals surface area contributed by atoms with Crippen LogP contribution in [0.3, 0.4) is 0 Å². The zero-order valence-electron chi connectivity index (χ0n) is 7.37. The molecule has 66 valence electrons. The van der Waals surface area contributed by atoms with Crippen molar-refractivity contribution in [2.75, 3.05) is 19.4 Å². The first-order valence-electron chi connectivity index (χ1n) is 3.93. The predicted molar refractivity (Wildman–Crippen MR) is 45.2 cm³/mol. The molecule has 0 saturated heterocycles. The van der Waals surface area contributed by atoms with Crippen LogP contribution >= 0.6 is 7.80 Å². The third kappa shape index (κ3) is 4.46. The van der Waals surface area contributed by atoms with Gasteiger partial charge in [-0.15, -0.1) is 0 Å². The fourth-order valence-corrected chi connectivity index (χ4v) is 1.58. The van der Waals surface area contributed by atoms with Gasteiger partial charge in [0.2, 0.25) is 0 Å². The molecule has 0 aromatic heterocycles. The molecular formula is C7H16O3P+. The second kappa shape index (κ2) is 6.71. The van der Waals surface area contributed by atoms with Gasteiger partial charge in [-0.1, -0.05) is 4.57 Å². The molecule has 0 aliphatic rings. The highest BCUT2D eigenvalue weighted by atomic mass is 31.1. The third-order valence-corrected chi connectivity index (χ3v) is 2.56. The van der Waals surface area contributed by atoms with Gasteiger partial charge in [0, 0.05) is 0 Å². The fourth-order valence-electron chi connectivity index (χ4n) is 0.649. The monoisotopic (exact) mass is 179 g/mol. The maximum Gasteiger partial charge on any atom is 0.401 e. The maximum absolute atomic E-state index is 11.2. The average molecular weight is 179 g/mol. The van der Waals surface area contributed by atoms with Gasteiger partial charge < -0.3 is 9.47 Å². The molecule has 0 N–H and O–H groups in total. The van der Waals surface area contributed by atoms with Crippen LogP contribution in [-0.2, 0) is 14.0 Å². The summed E-state index contributed by atoms with van der Waals surface area (Å²) in [6.07, 6.45) is 0.611. The van der Waals surface area contributed by atoms with Crippen LogP contribution in [0, 0.1) is 0 Å². The molecule has 11 heavy (non-hydrogen) atoms. The van der Waals surface area contributed by atoms with Crippen molar-refractivity contribution in [2.24, 2.45) is 0 Å². The lowest BCUT2D eigenvalue weighted by Gasteiger charge is -2.05. The summed E-state index contributed by atoms with van der Waals surface area (Å²) in [5, 5.41) is 0. The van der Waals surface area contributed by atoms with Crippen LogP contribution in [0.2, 0.25) is 0 Å². The summed E-state index contributed by atoms with van der Waals surface area (Å²) >= 11 is 0. The van der Waals surface area contributed by atoms with E-state index in [1.807, 2.05) is 20.8 Å². The van der Waals surface area contributed by atoms with Gasteiger partial charge in [0.1, 0.15) is 6.16 Å². The summed E-state index contributed by atoms with van der Waals surface area (Å²) in [4.78, 5) is 0. The van der Waals surface area contributed by atoms with E-state index in [1.165, 1.54) is 0 Å². The van der Waals surface area contributed by atoms with Crippen LogP contribution in [-0.4, -0.2) is 25.4 Å². The zero-order chi connectivity index (χ0) is 8.69. The highest BCUT2D eigenvalue weighted by Gasteiger charge is 2.28. The van der Waals surface area contributed by atoms with Gasteiger partial charge in [0.25, 0.3) is 0 Å². The normalized spacial score (nSPS) is 12.2. The highest BCUT2D eigenvalue weighted by Crippen LogP contribution is 2.28. The van der Waals surface area contributed by atoms with E-state index in [4.69, 9.17) is 9.47 Å². The van der Waals surface area contributed by atoms with Crippen LogP contribution in [0.1, 0.15) is 20.8 Å². The Balaban J connectivity index is 3.76. The summed E-state index contributed by atoms with van der Waals surface area (Å²) in [5.41, 5.74) is 0. The van der Waals surface area contributed by atoms with E-state index in [1.54, 1.807) is 0 Å². The van der Waals surface area contributed by atoms with Crippen molar-refractivity contribution in [3.63, 3.8) is 0 Å². The molecule has 0 amide bonds. The van der Waals surface area contributed by atoms with Crippen molar-refractivity contribution < 1.29 is 14.0 Å². The first kappa shape index (κ1) is 11.0. The van der Waals surface area contributed by atoms with E-state index in [-0.39, 0.29) is 0 Å². The van der Waals surface area contributed by atoms with Crippen LogP contribution < -0.4 is 0 Å². The third-order valence-electron chi connectivity index (χ3n) is 1.17. The van der Waals surface area contributed by atoms with Gasteiger partial charge in [0.05, 0.1) is 13.2 Å². The van der Waals surface area contributed by atoms with Crippen LogP contribution in [0.5, 0.6) is 0 Å². The molecule has 0 spiro atoms. The molecule has 4 heteroatoms. The van der Waals surface area contributed by atoms with E-state index in [9.17, 15) is 4.57 Å². The van der Waals surface area contributed by atoms with Crippen molar-refractivity contribution >= 4 is 7.80 Å². The molecule has 1 atom stereocenters. The van der Waals surface area contributed by atoms with Gasteiger partial charge >= 0.3 is 13.8 Å². The Bertz CT molecular complexity index is 110. The SMILES string of the molecule is CCOC(OCC)[P+](=O)CC. The zero-order valence-corrected chi connectivity index (χ0v) is 8.27. The lowest BCUT2D eigenvalue weighted by atomic mass is 10.9. The van der Waals surface area contributed by atoms with Crippen molar-refractivity contribution in [2.45, 2.75) is 26.8 Å². The van der Waals surface area contributed by atoms with Gasteiger partial charge in [-0.2, -0.15) is 0 Å². The molecule has 0 rings (SSSR count). The van der Waals surface area contributed by atoms with Gasteiger partial charge in [-0.3, -0.25) is 0 Å². The molecule has 0 aliphatic heterocycles. The van der Waals surface area contributed by atoms with Gasteiger partial charge in [-0.05, 0) is 20.8 Å². The molecular weight excluding hydrogens is 163 g/mol. The van der Waals surface area contributed by atoms with Crippen LogP contribution in [0.4, 0.5) is 0 Å². The van der Waals surface area contributed by atoms with Crippen LogP contribution in [0.25, 0.3) is 0 Å². The number of hydrogen-bond acceptors (Lipinski definition) is 3. The number of ether oxygens (including phenoxy) is 2. The minimum atomic E-state index is -1.35. The molecule has 0 aliphatic carbocycles. The standard InChI is InChI=1S/C7H16O3P/c1-4-9-7(10-5-2)11(8)6-3/h7H,4-6H2,1-3H3/q+1. The first-order chi connectivity index (χ1) is 5.26. The Hall–Kier alpha value is 0.0200. The summed E-state index contributed by atoms with van der Waals surface area (Å²) in [6, 6.07) is -0.495. The fraction of sp³-hybridized carbons (Fsp3) is 1.00. The summed E-state index contributed by atoms with van der Waals surface area (Å²) in [7, 11) is -1.35. The van der Waals surface area contributed by atoms with Crippen molar-refractivity contribution in [3.8, 4) is 0 Å². The lowest BCUT2D eigenvalue weighted by Crippen LogP contribution is -2.13. The molecule has 0 fully saturated rings. The average Bonchev–Trinajstić information content (AvgIpc) is 2.03. The summed E-state index contributed by atoms with van der Waals surface area (Å²) in [6.45, 7) is 6.69. The Labute approximate surface area is 68.9 Å². The summed E-state index contributed by atoms with van der Waals surface area (Å²) < 4.78 is 21.4. The molecule has 3 nitrogen and oxygen atoms in total. The second-order valence-electron chi connectivity index (χ2n) is 1.95. The molecule has 0 radical (unpaired) electrons. The number of hydrogen-bond donors (Lipinski definition) is 0. The minimum absolute atomic E-state index is 0.495. The van der Waals surface area contributed by atoms with E-state index in [0.717, 1.165) is 0 Å². The van der Waals surface area contributed by atoms with Gasteiger partial charge in [0.15, 0.2) is 0 Å². The van der Waals surface area contributed by atoms with Crippen molar-refractivity contribution in [1.82, 2.24) is 0 Å². The molecule has 0 bridgehead atoms. The second-order valence-corrected chi connectivity index (χ2v) is 3.84. The number of rotatable bonds is 6. The topological polar surface area (TPSA) is 35.5 Å².